The van der Waals surface area contributed by atoms with Crippen LogP contribution in [0.25, 0.3) is 0 Å². The van der Waals surface area contributed by atoms with Crippen LogP contribution in [0.3, 0.4) is 0 Å². The summed E-state index contributed by atoms with van der Waals surface area (Å²) in [5.74, 6) is 1.55. The van der Waals surface area contributed by atoms with Crippen molar-refractivity contribution in [1.82, 2.24) is 20.0 Å². The molecule has 2 aliphatic heterocycles. The summed E-state index contributed by atoms with van der Waals surface area (Å²) in [6, 6.07) is 0.0569. The Labute approximate surface area is 130 Å². The highest BCUT2D eigenvalue weighted by molar-refractivity contribution is 5.79. The number of ether oxygens (including phenoxy) is 1. The minimum atomic E-state index is 0.0569. The van der Waals surface area contributed by atoms with Crippen LogP contribution < -0.4 is 0 Å². The van der Waals surface area contributed by atoms with Gasteiger partial charge in [0.15, 0.2) is 0 Å². The third kappa shape index (κ3) is 3.30. The average Bonchev–Trinajstić information content (AvgIpc) is 3.01. The molecule has 0 saturated carbocycles. The Morgan fingerprint density at radius 3 is 2.73 bits per heavy atom. The van der Waals surface area contributed by atoms with Gasteiger partial charge in [0.25, 0.3) is 0 Å². The van der Waals surface area contributed by atoms with E-state index >= 15 is 0 Å². The molecule has 0 N–H and O–H groups in total. The number of likely N-dealkylation sites (tertiary alicyclic amines) is 1. The molecule has 2 aliphatic rings. The maximum Gasteiger partial charge on any atom is 0.233 e. The number of piperidine rings is 1. The molecule has 3 heterocycles. The van der Waals surface area contributed by atoms with Gasteiger partial charge in [-0.3, -0.25) is 9.69 Å². The summed E-state index contributed by atoms with van der Waals surface area (Å²) in [5.41, 5.74) is 0. The number of aromatic nitrogens is 2. The number of nitrogens with zero attached hydrogens (tertiary/aromatic N) is 4. The van der Waals surface area contributed by atoms with Crippen LogP contribution in [-0.2, 0) is 9.53 Å². The molecule has 7 nitrogen and oxygen atoms in total. The molecule has 1 aromatic rings. The molecule has 22 heavy (non-hydrogen) atoms. The van der Waals surface area contributed by atoms with Gasteiger partial charge in [0.2, 0.25) is 17.7 Å². The van der Waals surface area contributed by atoms with Gasteiger partial charge in [0.05, 0.1) is 25.2 Å². The van der Waals surface area contributed by atoms with Gasteiger partial charge in [0, 0.05) is 26.6 Å². The Bertz CT molecular complexity index is 513. The Kier molecular flexibility index (Phi) is 4.73. The first-order valence-electron chi connectivity index (χ1n) is 8.05. The van der Waals surface area contributed by atoms with Crippen LogP contribution in [0.15, 0.2) is 4.42 Å². The van der Waals surface area contributed by atoms with Crippen LogP contribution in [0.2, 0.25) is 0 Å². The minimum absolute atomic E-state index is 0.0569. The fourth-order valence-electron chi connectivity index (χ4n) is 3.24. The van der Waals surface area contributed by atoms with E-state index in [0.29, 0.717) is 38.1 Å². The number of carbonyl (C=O) groups is 1. The highest BCUT2D eigenvalue weighted by Gasteiger charge is 2.33. The first-order chi connectivity index (χ1) is 10.6. The molecule has 0 unspecified atom stereocenters. The van der Waals surface area contributed by atoms with E-state index in [-0.39, 0.29) is 17.9 Å². The van der Waals surface area contributed by atoms with Crippen molar-refractivity contribution in [3.63, 3.8) is 0 Å². The topological polar surface area (TPSA) is 71.7 Å². The molecule has 7 heteroatoms. The Hall–Kier alpha value is -1.47. The van der Waals surface area contributed by atoms with Crippen LogP contribution in [0, 0.1) is 12.8 Å². The molecule has 1 aromatic heterocycles. The van der Waals surface area contributed by atoms with Gasteiger partial charge in [-0.05, 0) is 26.3 Å². The molecule has 2 atom stereocenters. The van der Waals surface area contributed by atoms with E-state index in [9.17, 15) is 4.79 Å². The van der Waals surface area contributed by atoms with Crippen molar-refractivity contribution in [2.75, 3.05) is 39.4 Å². The SMILES string of the molecule is Cc1nnc([C@@H](C)N2CCC[C@H](C(=O)N3CCOCC3)C2)o1. The zero-order valence-electron chi connectivity index (χ0n) is 13.3. The van der Waals surface area contributed by atoms with Gasteiger partial charge >= 0.3 is 0 Å². The summed E-state index contributed by atoms with van der Waals surface area (Å²) >= 11 is 0. The molecule has 1 amide bonds. The lowest BCUT2D eigenvalue weighted by Crippen LogP contribution is -2.48. The molecule has 0 aliphatic carbocycles. The van der Waals surface area contributed by atoms with Crippen LogP contribution >= 0.6 is 0 Å². The third-order valence-corrected chi connectivity index (χ3v) is 4.57. The summed E-state index contributed by atoms with van der Waals surface area (Å²) in [6.45, 7) is 8.33. The zero-order valence-corrected chi connectivity index (χ0v) is 13.3. The van der Waals surface area contributed by atoms with Crippen molar-refractivity contribution in [3.8, 4) is 0 Å². The third-order valence-electron chi connectivity index (χ3n) is 4.57. The second-order valence-electron chi connectivity index (χ2n) is 6.11. The van der Waals surface area contributed by atoms with Gasteiger partial charge in [0.1, 0.15) is 0 Å². The molecule has 2 fully saturated rings. The first kappa shape index (κ1) is 15.4. The number of carbonyl (C=O) groups excluding carboxylic acids is 1. The van der Waals surface area contributed by atoms with Gasteiger partial charge < -0.3 is 14.1 Å². The van der Waals surface area contributed by atoms with E-state index in [1.807, 2.05) is 4.90 Å². The lowest BCUT2D eigenvalue weighted by Gasteiger charge is -2.37. The van der Waals surface area contributed by atoms with E-state index in [2.05, 4.69) is 22.0 Å². The van der Waals surface area contributed by atoms with Crippen molar-refractivity contribution in [2.24, 2.45) is 5.92 Å². The first-order valence-corrected chi connectivity index (χ1v) is 8.05. The monoisotopic (exact) mass is 308 g/mol. The van der Waals surface area contributed by atoms with E-state index < -0.39 is 0 Å². The van der Waals surface area contributed by atoms with E-state index in [1.165, 1.54) is 0 Å². The maximum absolute atomic E-state index is 12.7. The van der Waals surface area contributed by atoms with Crippen molar-refractivity contribution in [1.29, 1.82) is 0 Å². The number of morpholine rings is 1. The summed E-state index contributed by atoms with van der Waals surface area (Å²) in [6.07, 6.45) is 1.99. The highest BCUT2D eigenvalue weighted by Crippen LogP contribution is 2.27. The summed E-state index contributed by atoms with van der Waals surface area (Å²) in [4.78, 5) is 16.9. The quantitative estimate of drug-likeness (QED) is 0.830. The fourth-order valence-corrected chi connectivity index (χ4v) is 3.24. The molecule has 0 radical (unpaired) electrons. The predicted molar refractivity (Wildman–Crippen MR) is 79.1 cm³/mol. The van der Waals surface area contributed by atoms with Gasteiger partial charge in [-0.25, -0.2) is 0 Å². The lowest BCUT2D eigenvalue weighted by atomic mass is 9.95. The normalized spacial score (nSPS) is 25.2. The van der Waals surface area contributed by atoms with E-state index in [0.717, 1.165) is 25.9 Å². The van der Waals surface area contributed by atoms with Crippen molar-refractivity contribution in [3.05, 3.63) is 11.8 Å². The summed E-state index contributed by atoms with van der Waals surface area (Å²) < 4.78 is 10.9. The highest BCUT2D eigenvalue weighted by atomic mass is 16.5. The van der Waals surface area contributed by atoms with Crippen molar-refractivity contribution < 1.29 is 13.9 Å². The minimum Gasteiger partial charge on any atom is -0.424 e. The number of hydrogen-bond acceptors (Lipinski definition) is 6. The second kappa shape index (κ2) is 6.75. The van der Waals surface area contributed by atoms with Gasteiger partial charge in [-0.2, -0.15) is 0 Å². The number of rotatable bonds is 3. The van der Waals surface area contributed by atoms with Gasteiger partial charge in [-0.1, -0.05) is 0 Å². The number of aryl methyl sites for hydroxylation is 1. The van der Waals surface area contributed by atoms with Crippen LogP contribution in [0.1, 0.15) is 37.6 Å². The molecular formula is C15H24N4O3. The summed E-state index contributed by atoms with van der Waals surface area (Å²) in [7, 11) is 0. The Morgan fingerprint density at radius 1 is 1.27 bits per heavy atom. The van der Waals surface area contributed by atoms with Crippen LogP contribution in [-0.4, -0.2) is 65.3 Å². The summed E-state index contributed by atoms with van der Waals surface area (Å²) in [5, 5.41) is 8.01. The van der Waals surface area contributed by atoms with Crippen LogP contribution in [0.5, 0.6) is 0 Å². The molecule has 0 aromatic carbocycles. The second-order valence-corrected chi connectivity index (χ2v) is 6.11. The molecule has 122 valence electrons. The predicted octanol–water partition coefficient (Wildman–Crippen LogP) is 1.01. The molecular weight excluding hydrogens is 284 g/mol. The molecule has 0 spiro atoms. The lowest BCUT2D eigenvalue weighted by molar-refractivity contribution is -0.141. The Balaban J connectivity index is 1.62. The standard InChI is InChI=1S/C15H24N4O3/c1-11(14-17-16-12(2)22-14)19-5-3-4-13(10-19)15(20)18-6-8-21-9-7-18/h11,13H,3-10H2,1-2H3/t11-,13+/m1/s1. The molecule has 0 bridgehead atoms. The Morgan fingerprint density at radius 2 is 2.05 bits per heavy atom. The van der Waals surface area contributed by atoms with E-state index in [1.54, 1.807) is 6.92 Å². The fraction of sp³-hybridized carbons (Fsp3) is 0.800. The number of amides is 1. The molecule has 2 saturated heterocycles. The molecule has 3 rings (SSSR count). The smallest absolute Gasteiger partial charge is 0.233 e. The van der Waals surface area contributed by atoms with Crippen LogP contribution in [0.4, 0.5) is 0 Å². The van der Waals surface area contributed by atoms with Crippen molar-refractivity contribution >= 4 is 5.91 Å². The van der Waals surface area contributed by atoms with E-state index in [4.69, 9.17) is 9.15 Å². The zero-order chi connectivity index (χ0) is 15.5. The largest absolute Gasteiger partial charge is 0.424 e. The number of hydrogen-bond donors (Lipinski definition) is 0. The average molecular weight is 308 g/mol. The van der Waals surface area contributed by atoms with Gasteiger partial charge in [-0.15, -0.1) is 10.2 Å². The maximum atomic E-state index is 12.7. The van der Waals surface area contributed by atoms with Crippen molar-refractivity contribution in [2.45, 2.75) is 32.7 Å².